The van der Waals surface area contributed by atoms with Crippen LogP contribution in [0.15, 0.2) is 12.2 Å². The first-order valence-corrected chi connectivity index (χ1v) is 4.90. The van der Waals surface area contributed by atoms with Crippen molar-refractivity contribution >= 4 is 7.82 Å². The molecule has 3 N–H and O–H groups in total. The molecular weight excluding hydrogens is 183 g/mol. The summed E-state index contributed by atoms with van der Waals surface area (Å²) in [4.78, 5) is 16.9. The summed E-state index contributed by atoms with van der Waals surface area (Å²) in [7, 11) is -4.48. The Labute approximate surface area is 70.9 Å². The molecule has 0 radical (unpaired) electrons. The third kappa shape index (κ3) is 5.46. The number of phosphoric acid groups is 1. The van der Waals surface area contributed by atoms with Crippen molar-refractivity contribution in [3.8, 4) is 0 Å². The van der Waals surface area contributed by atoms with Crippen molar-refractivity contribution in [3.63, 3.8) is 0 Å². The highest BCUT2D eigenvalue weighted by Crippen LogP contribution is 2.39. The molecule has 0 heterocycles. The standard InChI is InChI=1S/C6H13O5P/c1-5(2)6(3-4-7)11-12(8,9)10/h6-7H,1,3-4H2,2H3,(H2,8,9,10). The van der Waals surface area contributed by atoms with E-state index in [1.54, 1.807) is 6.92 Å². The summed E-state index contributed by atoms with van der Waals surface area (Å²) < 4.78 is 14.7. The van der Waals surface area contributed by atoms with Gasteiger partial charge in [0.15, 0.2) is 0 Å². The molecule has 0 aromatic carbocycles. The fraction of sp³-hybridized carbons (Fsp3) is 0.667. The van der Waals surface area contributed by atoms with Gasteiger partial charge < -0.3 is 14.9 Å². The summed E-state index contributed by atoms with van der Waals surface area (Å²) in [6.45, 7) is 4.86. The van der Waals surface area contributed by atoms with Crippen LogP contribution < -0.4 is 0 Å². The monoisotopic (exact) mass is 196 g/mol. The van der Waals surface area contributed by atoms with Crippen LogP contribution in [0.3, 0.4) is 0 Å². The first kappa shape index (κ1) is 11.8. The summed E-state index contributed by atoms with van der Waals surface area (Å²) >= 11 is 0. The van der Waals surface area contributed by atoms with Crippen molar-refractivity contribution in [2.24, 2.45) is 0 Å². The van der Waals surface area contributed by atoms with Gasteiger partial charge in [0, 0.05) is 13.0 Å². The molecule has 0 spiro atoms. The van der Waals surface area contributed by atoms with Crippen molar-refractivity contribution in [2.45, 2.75) is 19.4 Å². The van der Waals surface area contributed by atoms with Crippen molar-refractivity contribution in [1.82, 2.24) is 0 Å². The van der Waals surface area contributed by atoms with Crippen LogP contribution in [0.25, 0.3) is 0 Å². The topological polar surface area (TPSA) is 87.0 Å². The van der Waals surface area contributed by atoms with Crippen molar-refractivity contribution < 1.29 is 24.0 Å². The first-order chi connectivity index (χ1) is 5.37. The van der Waals surface area contributed by atoms with E-state index in [9.17, 15) is 4.57 Å². The van der Waals surface area contributed by atoms with Gasteiger partial charge in [0.05, 0.1) is 6.10 Å². The normalized spacial score (nSPS) is 14.3. The minimum absolute atomic E-state index is 0.139. The number of aliphatic hydroxyl groups excluding tert-OH is 1. The molecule has 0 aliphatic rings. The lowest BCUT2D eigenvalue weighted by atomic mass is 10.1. The minimum atomic E-state index is -4.48. The molecule has 0 bridgehead atoms. The average Bonchev–Trinajstić information content (AvgIpc) is 1.83. The molecule has 0 saturated carbocycles. The zero-order valence-corrected chi connectivity index (χ0v) is 7.70. The number of phosphoric ester groups is 1. The Kier molecular flexibility index (Phi) is 4.67. The van der Waals surface area contributed by atoms with E-state index in [4.69, 9.17) is 14.9 Å². The van der Waals surface area contributed by atoms with Crippen LogP contribution in [0.4, 0.5) is 0 Å². The third-order valence-electron chi connectivity index (χ3n) is 1.21. The predicted molar refractivity (Wildman–Crippen MR) is 43.4 cm³/mol. The van der Waals surface area contributed by atoms with Gasteiger partial charge in [-0.1, -0.05) is 12.2 Å². The summed E-state index contributed by atoms with van der Waals surface area (Å²) in [6, 6.07) is 0. The van der Waals surface area contributed by atoms with Crippen LogP contribution in [-0.2, 0) is 9.09 Å². The second-order valence-corrected chi connectivity index (χ2v) is 3.64. The van der Waals surface area contributed by atoms with E-state index in [2.05, 4.69) is 11.1 Å². The SMILES string of the molecule is C=C(C)C(CCO)OP(=O)(O)O. The quantitative estimate of drug-likeness (QED) is 0.438. The fourth-order valence-electron chi connectivity index (χ4n) is 0.672. The van der Waals surface area contributed by atoms with E-state index >= 15 is 0 Å². The highest BCUT2D eigenvalue weighted by atomic mass is 31.2. The van der Waals surface area contributed by atoms with Gasteiger partial charge in [0.2, 0.25) is 0 Å². The molecule has 0 aromatic heterocycles. The molecule has 0 fully saturated rings. The number of aliphatic hydroxyl groups is 1. The largest absolute Gasteiger partial charge is 0.470 e. The molecule has 0 aliphatic heterocycles. The van der Waals surface area contributed by atoms with Crippen LogP contribution in [0, 0.1) is 0 Å². The van der Waals surface area contributed by atoms with E-state index in [-0.39, 0.29) is 13.0 Å². The van der Waals surface area contributed by atoms with Gasteiger partial charge in [-0.25, -0.2) is 4.57 Å². The van der Waals surface area contributed by atoms with Gasteiger partial charge in [-0.05, 0) is 6.92 Å². The van der Waals surface area contributed by atoms with E-state index in [1.165, 1.54) is 0 Å². The Balaban J connectivity index is 4.14. The van der Waals surface area contributed by atoms with Crippen molar-refractivity contribution in [1.29, 1.82) is 0 Å². The zero-order valence-electron chi connectivity index (χ0n) is 6.80. The number of hydrogen-bond donors (Lipinski definition) is 3. The lowest BCUT2D eigenvalue weighted by Crippen LogP contribution is -2.14. The summed E-state index contributed by atoms with van der Waals surface area (Å²) in [5.74, 6) is 0. The Bertz CT molecular complexity index is 196. The molecule has 72 valence electrons. The maximum atomic E-state index is 10.4. The van der Waals surface area contributed by atoms with Gasteiger partial charge in [-0.3, -0.25) is 4.52 Å². The Morgan fingerprint density at radius 2 is 2.17 bits per heavy atom. The Morgan fingerprint density at radius 1 is 1.67 bits per heavy atom. The maximum absolute atomic E-state index is 10.4. The average molecular weight is 196 g/mol. The molecule has 5 nitrogen and oxygen atoms in total. The lowest BCUT2D eigenvalue weighted by molar-refractivity contribution is 0.130. The van der Waals surface area contributed by atoms with Gasteiger partial charge >= 0.3 is 7.82 Å². The van der Waals surface area contributed by atoms with Gasteiger partial charge in [-0.2, -0.15) is 0 Å². The van der Waals surface area contributed by atoms with Gasteiger partial charge in [-0.15, -0.1) is 0 Å². The molecule has 6 heteroatoms. The molecule has 0 aliphatic carbocycles. The summed E-state index contributed by atoms with van der Waals surface area (Å²) in [5, 5.41) is 8.51. The van der Waals surface area contributed by atoms with Crippen LogP contribution in [0.2, 0.25) is 0 Å². The van der Waals surface area contributed by atoms with Gasteiger partial charge in [0.25, 0.3) is 0 Å². The molecule has 0 amide bonds. The van der Waals surface area contributed by atoms with Crippen LogP contribution in [0.1, 0.15) is 13.3 Å². The van der Waals surface area contributed by atoms with Gasteiger partial charge in [0.1, 0.15) is 0 Å². The highest BCUT2D eigenvalue weighted by Gasteiger charge is 2.21. The third-order valence-corrected chi connectivity index (χ3v) is 1.73. The van der Waals surface area contributed by atoms with E-state index < -0.39 is 13.9 Å². The molecule has 0 saturated heterocycles. The highest BCUT2D eigenvalue weighted by molar-refractivity contribution is 7.46. The molecule has 0 rings (SSSR count). The number of rotatable bonds is 5. The fourth-order valence-corrected chi connectivity index (χ4v) is 1.29. The lowest BCUT2D eigenvalue weighted by Gasteiger charge is -2.16. The van der Waals surface area contributed by atoms with Crippen LogP contribution >= 0.6 is 7.82 Å². The molecule has 1 unspecified atom stereocenters. The molecule has 12 heavy (non-hydrogen) atoms. The zero-order chi connectivity index (χ0) is 9.78. The maximum Gasteiger partial charge on any atom is 0.470 e. The molecule has 1 atom stereocenters. The van der Waals surface area contributed by atoms with Crippen molar-refractivity contribution in [3.05, 3.63) is 12.2 Å². The second-order valence-electron chi connectivity index (χ2n) is 2.44. The van der Waals surface area contributed by atoms with E-state index in [1.807, 2.05) is 0 Å². The van der Waals surface area contributed by atoms with Crippen LogP contribution in [0.5, 0.6) is 0 Å². The second kappa shape index (κ2) is 4.74. The molecule has 0 aromatic rings. The summed E-state index contributed by atoms with van der Waals surface area (Å²) in [6.07, 6.45) is -0.642. The van der Waals surface area contributed by atoms with Crippen molar-refractivity contribution in [2.75, 3.05) is 6.61 Å². The Hall–Kier alpha value is -0.190. The summed E-state index contributed by atoms with van der Waals surface area (Å²) in [5.41, 5.74) is 0.479. The predicted octanol–water partition coefficient (Wildman–Crippen LogP) is 0.423. The number of hydrogen-bond acceptors (Lipinski definition) is 3. The van der Waals surface area contributed by atoms with E-state index in [0.717, 1.165) is 0 Å². The smallest absolute Gasteiger partial charge is 0.396 e. The minimum Gasteiger partial charge on any atom is -0.396 e. The molecular formula is C6H13O5P. The first-order valence-electron chi connectivity index (χ1n) is 3.37. The van der Waals surface area contributed by atoms with Crippen LogP contribution in [-0.4, -0.2) is 27.6 Å². The Morgan fingerprint density at radius 3 is 2.42 bits per heavy atom. The van der Waals surface area contributed by atoms with E-state index in [0.29, 0.717) is 5.57 Å².